The Bertz CT molecular complexity index is 745. The molecule has 1 fully saturated rings. The Morgan fingerprint density at radius 3 is 3.00 bits per heavy atom. The lowest BCUT2D eigenvalue weighted by Crippen LogP contribution is -2.47. The highest BCUT2D eigenvalue weighted by molar-refractivity contribution is 6.34. The zero-order valence-electron chi connectivity index (χ0n) is 11.1. The molecule has 21 heavy (non-hydrogen) atoms. The Morgan fingerprint density at radius 2 is 2.38 bits per heavy atom. The van der Waals surface area contributed by atoms with Crippen LogP contribution in [0.3, 0.4) is 0 Å². The standard InChI is InChI=1S/C14H13ClN4O2/c15-8-2-1-3-10-12(8)21-11(18-10)6-9(17)13(20)19-14(7-16)4-5-14/h1-3,9H,4-6,17H2,(H,19,20). The number of nitriles is 1. The molecular formula is C14H13ClN4O2. The van der Waals surface area contributed by atoms with Crippen LogP contribution in [-0.4, -0.2) is 22.5 Å². The fourth-order valence-corrected chi connectivity index (χ4v) is 2.26. The molecule has 0 saturated heterocycles. The number of nitrogens with one attached hydrogen (secondary N) is 1. The summed E-state index contributed by atoms with van der Waals surface area (Å²) in [5.74, 6) is -0.0232. The van der Waals surface area contributed by atoms with Crippen LogP contribution in [0.4, 0.5) is 0 Å². The third-order valence-corrected chi connectivity index (χ3v) is 3.77. The Balaban J connectivity index is 1.71. The summed E-state index contributed by atoms with van der Waals surface area (Å²) in [6.45, 7) is 0. The molecule has 0 bridgehead atoms. The zero-order chi connectivity index (χ0) is 15.0. The van der Waals surface area contributed by atoms with Crippen LogP contribution in [0.2, 0.25) is 5.02 Å². The van der Waals surface area contributed by atoms with Gasteiger partial charge >= 0.3 is 0 Å². The van der Waals surface area contributed by atoms with E-state index >= 15 is 0 Å². The maximum Gasteiger partial charge on any atom is 0.238 e. The molecule has 3 N–H and O–H groups in total. The van der Waals surface area contributed by atoms with Crippen LogP contribution in [0.15, 0.2) is 22.6 Å². The molecule has 108 valence electrons. The number of amides is 1. The first-order valence-corrected chi connectivity index (χ1v) is 6.94. The van der Waals surface area contributed by atoms with Gasteiger partial charge in [0.15, 0.2) is 11.5 Å². The van der Waals surface area contributed by atoms with Gasteiger partial charge in [0.2, 0.25) is 5.91 Å². The monoisotopic (exact) mass is 304 g/mol. The van der Waals surface area contributed by atoms with E-state index in [4.69, 9.17) is 27.0 Å². The number of carbonyl (C=O) groups excluding carboxylic acids is 1. The highest BCUT2D eigenvalue weighted by atomic mass is 35.5. The maximum atomic E-state index is 12.0. The maximum absolute atomic E-state index is 12.0. The topological polar surface area (TPSA) is 105 Å². The van der Waals surface area contributed by atoms with Crippen molar-refractivity contribution in [2.45, 2.75) is 30.8 Å². The van der Waals surface area contributed by atoms with Crippen molar-refractivity contribution in [1.82, 2.24) is 10.3 Å². The number of para-hydroxylation sites is 1. The van der Waals surface area contributed by atoms with Crippen molar-refractivity contribution >= 4 is 28.6 Å². The Labute approximate surface area is 125 Å². The second-order valence-electron chi connectivity index (χ2n) is 5.19. The summed E-state index contributed by atoms with van der Waals surface area (Å²) in [6, 6.07) is 6.52. The second kappa shape index (κ2) is 5.02. The molecule has 3 rings (SSSR count). The number of nitrogens with zero attached hydrogens (tertiary/aromatic N) is 2. The molecule has 0 spiro atoms. The van der Waals surface area contributed by atoms with Crippen molar-refractivity contribution in [2.75, 3.05) is 0 Å². The van der Waals surface area contributed by atoms with Crippen LogP contribution in [0.1, 0.15) is 18.7 Å². The number of hydrogen-bond acceptors (Lipinski definition) is 5. The van der Waals surface area contributed by atoms with Crippen molar-refractivity contribution < 1.29 is 9.21 Å². The smallest absolute Gasteiger partial charge is 0.238 e. The van der Waals surface area contributed by atoms with Crippen molar-refractivity contribution in [3.05, 3.63) is 29.1 Å². The number of halogens is 1. The summed E-state index contributed by atoms with van der Waals surface area (Å²) >= 11 is 6.00. The van der Waals surface area contributed by atoms with Crippen LogP contribution in [-0.2, 0) is 11.2 Å². The predicted octanol–water partition coefficient (Wildman–Crippen LogP) is 1.52. The normalized spacial score (nSPS) is 17.2. The van der Waals surface area contributed by atoms with Gasteiger partial charge in [-0.3, -0.25) is 4.79 Å². The predicted molar refractivity (Wildman–Crippen MR) is 76.4 cm³/mol. The summed E-state index contributed by atoms with van der Waals surface area (Å²) in [5.41, 5.74) is 6.23. The van der Waals surface area contributed by atoms with E-state index in [0.717, 1.165) is 0 Å². The number of carbonyl (C=O) groups is 1. The van der Waals surface area contributed by atoms with E-state index < -0.39 is 11.6 Å². The molecule has 2 aromatic rings. The fraction of sp³-hybridized carbons (Fsp3) is 0.357. The minimum atomic E-state index is -0.817. The van der Waals surface area contributed by atoms with E-state index in [9.17, 15) is 4.79 Å². The molecule has 1 atom stereocenters. The number of hydrogen-bond donors (Lipinski definition) is 2. The molecule has 0 aliphatic heterocycles. The summed E-state index contributed by atoms with van der Waals surface area (Å²) in [5, 5.41) is 12.1. The largest absolute Gasteiger partial charge is 0.439 e. The van der Waals surface area contributed by atoms with E-state index in [1.165, 1.54) is 0 Å². The molecule has 1 saturated carbocycles. The molecule has 1 amide bonds. The highest BCUT2D eigenvalue weighted by Crippen LogP contribution is 2.34. The van der Waals surface area contributed by atoms with Gasteiger partial charge in [0, 0.05) is 6.42 Å². The SMILES string of the molecule is N#CC1(NC(=O)C(N)Cc2nc3cccc(Cl)c3o2)CC1. The van der Waals surface area contributed by atoms with Gasteiger partial charge in [-0.25, -0.2) is 4.98 Å². The third-order valence-electron chi connectivity index (χ3n) is 3.47. The summed E-state index contributed by atoms with van der Waals surface area (Å²) in [6.07, 6.45) is 1.49. The lowest BCUT2D eigenvalue weighted by Gasteiger charge is -2.13. The van der Waals surface area contributed by atoms with Crippen LogP contribution in [0, 0.1) is 11.3 Å². The van der Waals surface area contributed by atoms with Gasteiger partial charge in [0.05, 0.1) is 17.1 Å². The fourth-order valence-electron chi connectivity index (χ4n) is 2.05. The number of nitrogens with two attached hydrogens (primary N) is 1. The first-order valence-electron chi connectivity index (χ1n) is 6.56. The van der Waals surface area contributed by atoms with Gasteiger partial charge in [0.25, 0.3) is 0 Å². The molecule has 7 heteroatoms. The van der Waals surface area contributed by atoms with Gasteiger partial charge in [-0.05, 0) is 25.0 Å². The Morgan fingerprint density at radius 1 is 1.62 bits per heavy atom. The first kappa shape index (κ1) is 13.9. The van der Waals surface area contributed by atoms with Crippen LogP contribution in [0.25, 0.3) is 11.1 Å². The number of rotatable bonds is 4. The van der Waals surface area contributed by atoms with E-state index in [-0.39, 0.29) is 12.3 Å². The molecule has 0 radical (unpaired) electrons. The van der Waals surface area contributed by atoms with E-state index in [2.05, 4.69) is 16.4 Å². The summed E-state index contributed by atoms with van der Waals surface area (Å²) in [4.78, 5) is 16.2. The molecule has 1 aromatic heterocycles. The quantitative estimate of drug-likeness (QED) is 0.891. The Kier molecular flexibility index (Phi) is 3.32. The lowest BCUT2D eigenvalue weighted by atomic mass is 10.2. The van der Waals surface area contributed by atoms with Crippen LogP contribution >= 0.6 is 11.6 Å². The third kappa shape index (κ3) is 2.71. The van der Waals surface area contributed by atoms with E-state index in [1.54, 1.807) is 18.2 Å². The van der Waals surface area contributed by atoms with Crippen LogP contribution in [0.5, 0.6) is 0 Å². The summed E-state index contributed by atoms with van der Waals surface area (Å²) in [7, 11) is 0. The number of fused-ring (bicyclic) bond motifs is 1. The molecule has 1 aliphatic carbocycles. The highest BCUT2D eigenvalue weighted by Gasteiger charge is 2.45. The zero-order valence-corrected chi connectivity index (χ0v) is 11.9. The van der Waals surface area contributed by atoms with Gasteiger partial charge in [-0.15, -0.1) is 0 Å². The van der Waals surface area contributed by atoms with Gasteiger partial charge < -0.3 is 15.5 Å². The Hall–Kier alpha value is -2.10. The van der Waals surface area contributed by atoms with E-state index in [1.807, 2.05) is 0 Å². The van der Waals surface area contributed by atoms with Crippen molar-refractivity contribution in [1.29, 1.82) is 5.26 Å². The molecular weight excluding hydrogens is 292 g/mol. The van der Waals surface area contributed by atoms with Crippen molar-refractivity contribution in [3.8, 4) is 6.07 Å². The van der Waals surface area contributed by atoms with Crippen LogP contribution < -0.4 is 11.1 Å². The minimum absolute atomic E-state index is 0.151. The van der Waals surface area contributed by atoms with Gasteiger partial charge in [-0.2, -0.15) is 5.26 Å². The number of oxazole rings is 1. The van der Waals surface area contributed by atoms with Gasteiger partial charge in [0.1, 0.15) is 11.1 Å². The molecule has 1 aliphatic rings. The van der Waals surface area contributed by atoms with E-state index in [0.29, 0.717) is 34.9 Å². The van der Waals surface area contributed by atoms with Gasteiger partial charge in [-0.1, -0.05) is 17.7 Å². The number of benzene rings is 1. The minimum Gasteiger partial charge on any atom is -0.439 e. The molecule has 6 nitrogen and oxygen atoms in total. The van der Waals surface area contributed by atoms with Crippen molar-refractivity contribution in [3.63, 3.8) is 0 Å². The summed E-state index contributed by atoms with van der Waals surface area (Å²) < 4.78 is 5.52. The molecule has 1 unspecified atom stereocenters. The average molecular weight is 305 g/mol. The first-order chi connectivity index (χ1) is 10.0. The molecule has 1 heterocycles. The average Bonchev–Trinajstić information content (AvgIpc) is 3.10. The lowest BCUT2D eigenvalue weighted by molar-refractivity contribution is -0.123. The second-order valence-corrected chi connectivity index (χ2v) is 5.60. The molecule has 1 aromatic carbocycles. The van der Waals surface area contributed by atoms with Crippen molar-refractivity contribution in [2.24, 2.45) is 5.73 Å². The number of aromatic nitrogens is 1.